The van der Waals surface area contributed by atoms with Crippen molar-refractivity contribution in [2.24, 2.45) is 5.41 Å². The molecule has 3 rings (SSSR count). The Morgan fingerprint density at radius 3 is 2.74 bits per heavy atom. The lowest BCUT2D eigenvalue weighted by molar-refractivity contribution is 0.0639. The lowest BCUT2D eigenvalue weighted by Gasteiger charge is -2.34. The number of hydrogen-bond donors (Lipinski definition) is 0. The van der Waals surface area contributed by atoms with Crippen LogP contribution in [0.2, 0.25) is 0 Å². The summed E-state index contributed by atoms with van der Waals surface area (Å²) < 4.78 is 0. The van der Waals surface area contributed by atoms with Crippen molar-refractivity contribution in [3.63, 3.8) is 0 Å². The molecule has 1 unspecified atom stereocenters. The highest BCUT2D eigenvalue weighted by molar-refractivity contribution is 6.21. The molecule has 114 valence electrons. The lowest BCUT2D eigenvalue weighted by atomic mass is 9.65. The zero-order valence-electron chi connectivity index (χ0n) is 13.1. The third kappa shape index (κ3) is 2.49. The van der Waals surface area contributed by atoms with Gasteiger partial charge in [0, 0.05) is 17.5 Å². The van der Waals surface area contributed by atoms with E-state index in [9.17, 15) is 9.59 Å². The third-order valence-corrected chi connectivity index (χ3v) is 4.64. The quantitative estimate of drug-likeness (QED) is 0.487. The fourth-order valence-corrected chi connectivity index (χ4v) is 3.38. The highest BCUT2D eigenvalue weighted by Crippen LogP contribution is 2.41. The number of rotatable bonds is 3. The number of fused-ring (bicyclic) bond motifs is 1. The van der Waals surface area contributed by atoms with Gasteiger partial charge in [0.05, 0.1) is 0 Å². The second-order valence-corrected chi connectivity index (χ2v) is 6.15. The number of carbonyl (C=O) groups excluding carboxylic acids is 2. The molecule has 2 aromatic rings. The minimum atomic E-state index is -1.13. The van der Waals surface area contributed by atoms with Gasteiger partial charge in [-0.3, -0.25) is 9.59 Å². The van der Waals surface area contributed by atoms with Crippen LogP contribution in [0.3, 0.4) is 0 Å². The van der Waals surface area contributed by atoms with Crippen LogP contribution in [0.25, 0.3) is 0 Å². The molecule has 0 fully saturated rings. The maximum absolute atomic E-state index is 13.2. The van der Waals surface area contributed by atoms with Crippen LogP contribution in [0.1, 0.15) is 44.7 Å². The summed E-state index contributed by atoms with van der Waals surface area (Å²) in [6.45, 7) is 1.93. The lowest BCUT2D eigenvalue weighted by Crippen LogP contribution is -2.43. The van der Waals surface area contributed by atoms with E-state index in [1.165, 1.54) is 0 Å². The normalized spacial score (nSPS) is 19.7. The van der Waals surface area contributed by atoms with Crippen LogP contribution in [0.15, 0.2) is 48.5 Å². The fourth-order valence-electron chi connectivity index (χ4n) is 3.38. The molecule has 0 aromatic heterocycles. The molecule has 0 saturated heterocycles. The summed E-state index contributed by atoms with van der Waals surface area (Å²) >= 11 is 0. The smallest absolute Gasteiger partial charge is 0.178 e. The van der Waals surface area contributed by atoms with Gasteiger partial charge < -0.3 is 0 Å². The summed E-state index contributed by atoms with van der Waals surface area (Å²) in [6.07, 6.45) is 6.83. The minimum Gasteiger partial charge on any atom is -0.293 e. The highest BCUT2D eigenvalue weighted by atomic mass is 16.2. The summed E-state index contributed by atoms with van der Waals surface area (Å²) in [5.41, 5.74) is 2.07. The number of carbonyl (C=O) groups is 2. The third-order valence-electron chi connectivity index (χ3n) is 4.64. The second-order valence-electron chi connectivity index (χ2n) is 6.15. The summed E-state index contributed by atoms with van der Waals surface area (Å²) in [5.74, 6) is 2.27. The Morgan fingerprint density at radius 2 is 2.00 bits per heavy atom. The molecule has 2 nitrogen and oxygen atoms in total. The van der Waals surface area contributed by atoms with Gasteiger partial charge in [0.2, 0.25) is 0 Å². The first-order valence-corrected chi connectivity index (χ1v) is 7.76. The maximum atomic E-state index is 13.2. The molecule has 0 amide bonds. The van der Waals surface area contributed by atoms with E-state index >= 15 is 0 Å². The number of hydrogen-bond acceptors (Lipinski definition) is 2. The van der Waals surface area contributed by atoms with Crippen molar-refractivity contribution in [2.75, 3.05) is 0 Å². The Bertz CT molecular complexity index is 826. The van der Waals surface area contributed by atoms with E-state index in [0.29, 0.717) is 24.0 Å². The molecule has 0 spiro atoms. The molecule has 2 aromatic carbocycles. The van der Waals surface area contributed by atoms with Crippen LogP contribution in [0, 0.1) is 24.7 Å². The van der Waals surface area contributed by atoms with Crippen molar-refractivity contribution in [3.8, 4) is 12.3 Å². The largest absolute Gasteiger partial charge is 0.293 e. The first kappa shape index (κ1) is 15.2. The molecule has 0 heterocycles. The molecule has 1 aliphatic rings. The van der Waals surface area contributed by atoms with Crippen molar-refractivity contribution >= 4 is 11.6 Å². The first-order valence-electron chi connectivity index (χ1n) is 7.76. The average molecular weight is 302 g/mol. The van der Waals surface area contributed by atoms with E-state index in [0.717, 1.165) is 11.1 Å². The molecule has 1 aliphatic carbocycles. The molecular weight excluding hydrogens is 284 g/mol. The van der Waals surface area contributed by atoms with Crippen molar-refractivity contribution in [1.82, 2.24) is 0 Å². The van der Waals surface area contributed by atoms with Gasteiger partial charge in [0.1, 0.15) is 5.41 Å². The van der Waals surface area contributed by atoms with Crippen LogP contribution in [-0.2, 0) is 6.42 Å². The van der Waals surface area contributed by atoms with Crippen molar-refractivity contribution in [3.05, 3.63) is 70.8 Å². The van der Waals surface area contributed by atoms with E-state index in [4.69, 9.17) is 6.42 Å². The Labute approximate surface area is 136 Å². The first-order chi connectivity index (χ1) is 11.1. The van der Waals surface area contributed by atoms with Crippen LogP contribution in [0.5, 0.6) is 0 Å². The van der Waals surface area contributed by atoms with Gasteiger partial charge in [0.25, 0.3) is 0 Å². The van der Waals surface area contributed by atoms with Gasteiger partial charge in [0.15, 0.2) is 11.6 Å². The molecule has 0 N–H and O–H groups in total. The summed E-state index contributed by atoms with van der Waals surface area (Å²) in [5, 5.41) is 0. The molecule has 2 heteroatoms. The Morgan fingerprint density at radius 1 is 1.22 bits per heavy atom. The van der Waals surface area contributed by atoms with Gasteiger partial charge in [-0.1, -0.05) is 48.0 Å². The number of ketones is 2. The molecule has 0 aliphatic heterocycles. The van der Waals surface area contributed by atoms with E-state index in [2.05, 4.69) is 5.92 Å². The molecule has 0 radical (unpaired) electrons. The predicted molar refractivity (Wildman–Crippen MR) is 90.5 cm³/mol. The van der Waals surface area contributed by atoms with Gasteiger partial charge in [-0.15, -0.1) is 12.3 Å². The molecule has 23 heavy (non-hydrogen) atoms. The standard InChI is InChI=1S/C21H18O2/c1-3-12-21(19(22)17-9-6-7-15(2)14-17)13-11-16-8-4-5-10-18(16)20(21)23/h1,4-10,14H,11-13H2,2H3. The second kappa shape index (κ2) is 5.85. The van der Waals surface area contributed by atoms with Crippen LogP contribution in [-0.4, -0.2) is 11.6 Å². The zero-order chi connectivity index (χ0) is 16.4. The number of aryl methyl sites for hydroxylation is 2. The highest BCUT2D eigenvalue weighted by Gasteiger charge is 2.48. The minimum absolute atomic E-state index is 0.135. The van der Waals surface area contributed by atoms with Crippen molar-refractivity contribution in [2.45, 2.75) is 26.2 Å². The maximum Gasteiger partial charge on any atom is 0.178 e. The zero-order valence-corrected chi connectivity index (χ0v) is 13.1. The summed E-state index contributed by atoms with van der Waals surface area (Å²) in [4.78, 5) is 26.3. The van der Waals surface area contributed by atoms with Gasteiger partial charge >= 0.3 is 0 Å². The Kier molecular flexibility index (Phi) is 3.88. The summed E-state index contributed by atoms with van der Waals surface area (Å²) in [6, 6.07) is 14.9. The van der Waals surface area contributed by atoms with Gasteiger partial charge in [-0.2, -0.15) is 0 Å². The van der Waals surface area contributed by atoms with Crippen LogP contribution >= 0.6 is 0 Å². The Hall–Kier alpha value is -2.66. The van der Waals surface area contributed by atoms with Crippen LogP contribution < -0.4 is 0 Å². The fraction of sp³-hybridized carbons (Fsp3) is 0.238. The topological polar surface area (TPSA) is 34.1 Å². The van der Waals surface area contributed by atoms with Crippen molar-refractivity contribution in [1.29, 1.82) is 0 Å². The van der Waals surface area contributed by atoms with E-state index in [-0.39, 0.29) is 18.0 Å². The number of terminal acetylenes is 1. The number of Topliss-reactive ketones (excluding diaryl/α,β-unsaturated/α-hetero) is 2. The molecule has 0 saturated carbocycles. The van der Waals surface area contributed by atoms with Gasteiger partial charge in [-0.05, 0) is 31.4 Å². The molecule has 1 atom stereocenters. The average Bonchev–Trinajstić information content (AvgIpc) is 2.57. The monoisotopic (exact) mass is 302 g/mol. The van der Waals surface area contributed by atoms with E-state index < -0.39 is 5.41 Å². The van der Waals surface area contributed by atoms with Crippen molar-refractivity contribution < 1.29 is 9.59 Å². The van der Waals surface area contributed by atoms with E-state index in [1.54, 1.807) is 12.1 Å². The molecular formula is C21H18O2. The summed E-state index contributed by atoms with van der Waals surface area (Å²) in [7, 11) is 0. The van der Waals surface area contributed by atoms with E-state index in [1.807, 2.05) is 43.3 Å². The van der Waals surface area contributed by atoms with Crippen LogP contribution in [0.4, 0.5) is 0 Å². The van der Waals surface area contributed by atoms with Gasteiger partial charge in [-0.25, -0.2) is 0 Å². The Balaban J connectivity index is 2.10. The number of benzene rings is 2. The predicted octanol–water partition coefficient (Wildman–Crippen LogP) is 4.02. The molecule has 0 bridgehead atoms. The SMILES string of the molecule is C#CCC1(C(=O)c2cccc(C)c2)CCc2ccccc2C1=O.